The maximum atomic E-state index is 12.3. The van der Waals surface area contributed by atoms with Gasteiger partial charge in [-0.2, -0.15) is 0 Å². The Kier molecular flexibility index (Phi) is 6.51. The molecule has 0 radical (unpaired) electrons. The molecule has 2 rings (SSSR count). The molecule has 0 aliphatic carbocycles. The molecule has 0 atom stereocenters. The number of likely N-dealkylation sites (N-methyl/N-ethyl adjacent to an activating group) is 2. The van der Waals surface area contributed by atoms with Gasteiger partial charge in [-0.3, -0.25) is 14.9 Å². The third kappa shape index (κ3) is 5.25. The van der Waals surface area contributed by atoms with Crippen LogP contribution in [0.5, 0.6) is 0 Å². The zero-order valence-corrected chi connectivity index (χ0v) is 15.6. The van der Waals surface area contributed by atoms with Gasteiger partial charge >= 0.3 is 0 Å². The number of amides is 1. The summed E-state index contributed by atoms with van der Waals surface area (Å²) in [5.41, 5.74) is 0.241. The highest BCUT2D eigenvalue weighted by Crippen LogP contribution is 2.26. The average Bonchev–Trinajstić information content (AvgIpc) is 2.57. The molecule has 1 heterocycles. The van der Waals surface area contributed by atoms with Crippen LogP contribution in [0.1, 0.15) is 0 Å². The van der Waals surface area contributed by atoms with Crippen molar-refractivity contribution in [1.29, 1.82) is 0 Å². The molecule has 0 aromatic heterocycles. The molecule has 136 valence electrons. The second-order valence-corrected chi connectivity index (χ2v) is 6.69. The van der Waals surface area contributed by atoms with Crippen LogP contribution in [0.3, 0.4) is 0 Å². The van der Waals surface area contributed by atoms with Gasteiger partial charge in [0.1, 0.15) is 0 Å². The van der Waals surface area contributed by atoms with Gasteiger partial charge in [0.25, 0.3) is 5.69 Å². The van der Waals surface area contributed by atoms with Crippen LogP contribution < -0.4 is 5.32 Å². The van der Waals surface area contributed by atoms with E-state index in [1.165, 1.54) is 18.2 Å². The molecule has 1 aliphatic heterocycles. The smallest absolute Gasteiger partial charge is 0.271 e. The van der Waals surface area contributed by atoms with E-state index in [1.807, 2.05) is 7.05 Å². The van der Waals surface area contributed by atoms with Crippen molar-refractivity contribution < 1.29 is 9.72 Å². The summed E-state index contributed by atoms with van der Waals surface area (Å²) in [6.07, 6.45) is 0. The monoisotopic (exact) mass is 385 g/mol. The minimum absolute atomic E-state index is 0.00936. The number of nitrogens with one attached hydrogen (secondary N) is 1. The van der Waals surface area contributed by atoms with Gasteiger partial charge in [-0.15, -0.1) is 0 Å². The SMILES string of the molecule is CN1CCN(C(=O)CN(C)C(=S)Nc2cc([N+](=O)[O-])ccc2Cl)CC1. The molecule has 0 bridgehead atoms. The van der Waals surface area contributed by atoms with E-state index >= 15 is 0 Å². The van der Waals surface area contributed by atoms with E-state index < -0.39 is 4.92 Å². The number of anilines is 1. The highest BCUT2D eigenvalue weighted by atomic mass is 35.5. The van der Waals surface area contributed by atoms with Gasteiger partial charge in [0.2, 0.25) is 5.91 Å². The lowest BCUT2D eigenvalue weighted by molar-refractivity contribution is -0.384. The Bertz CT molecular complexity index is 679. The lowest BCUT2D eigenvalue weighted by Crippen LogP contribution is -2.50. The average molecular weight is 386 g/mol. The Hall–Kier alpha value is -1.97. The Balaban J connectivity index is 1.95. The van der Waals surface area contributed by atoms with Gasteiger partial charge in [0, 0.05) is 45.4 Å². The number of halogens is 1. The van der Waals surface area contributed by atoms with E-state index in [-0.39, 0.29) is 23.3 Å². The van der Waals surface area contributed by atoms with Gasteiger partial charge in [-0.25, -0.2) is 0 Å². The van der Waals surface area contributed by atoms with Gasteiger partial charge in [0.15, 0.2) is 5.11 Å². The maximum Gasteiger partial charge on any atom is 0.271 e. The summed E-state index contributed by atoms with van der Waals surface area (Å²) in [5.74, 6) is -0.00936. The molecular formula is C15H20ClN5O3S. The van der Waals surface area contributed by atoms with Gasteiger partial charge < -0.3 is 20.0 Å². The molecule has 10 heteroatoms. The summed E-state index contributed by atoms with van der Waals surface area (Å²) in [6.45, 7) is 3.21. The molecule has 0 spiro atoms. The van der Waals surface area contributed by atoms with Crippen LogP contribution in [0.15, 0.2) is 18.2 Å². The Labute approximate surface area is 156 Å². The minimum Gasteiger partial charge on any atom is -0.343 e. The summed E-state index contributed by atoms with van der Waals surface area (Å²) in [6, 6.07) is 4.06. The second kappa shape index (κ2) is 8.41. The van der Waals surface area contributed by atoms with E-state index in [9.17, 15) is 14.9 Å². The van der Waals surface area contributed by atoms with E-state index in [2.05, 4.69) is 10.2 Å². The molecule has 1 aromatic carbocycles. The van der Waals surface area contributed by atoms with Crippen molar-refractivity contribution in [3.63, 3.8) is 0 Å². The molecule has 1 N–H and O–H groups in total. The molecule has 25 heavy (non-hydrogen) atoms. The first-order valence-corrected chi connectivity index (χ1v) is 8.49. The highest BCUT2D eigenvalue weighted by Gasteiger charge is 2.21. The van der Waals surface area contributed by atoms with Crippen LogP contribution in [-0.4, -0.2) is 77.5 Å². The van der Waals surface area contributed by atoms with Crippen molar-refractivity contribution in [2.45, 2.75) is 0 Å². The first kappa shape index (κ1) is 19.4. The van der Waals surface area contributed by atoms with Crippen LogP contribution in [0.25, 0.3) is 0 Å². The number of rotatable bonds is 4. The number of thiocarbonyl (C=S) groups is 1. The van der Waals surface area contributed by atoms with Gasteiger partial charge in [-0.1, -0.05) is 11.6 Å². The maximum absolute atomic E-state index is 12.3. The zero-order chi connectivity index (χ0) is 18.6. The number of nitrogens with zero attached hydrogens (tertiary/aromatic N) is 4. The molecule has 1 aromatic rings. The normalized spacial score (nSPS) is 14.9. The fourth-order valence-electron chi connectivity index (χ4n) is 2.36. The van der Waals surface area contributed by atoms with E-state index in [4.69, 9.17) is 23.8 Å². The van der Waals surface area contributed by atoms with Crippen molar-refractivity contribution in [2.24, 2.45) is 0 Å². The Morgan fingerprint density at radius 1 is 1.40 bits per heavy atom. The van der Waals surface area contributed by atoms with Crippen molar-refractivity contribution in [1.82, 2.24) is 14.7 Å². The number of nitro groups is 1. The number of non-ortho nitro benzene ring substituents is 1. The van der Waals surface area contributed by atoms with Crippen LogP contribution in [0, 0.1) is 10.1 Å². The molecule has 1 aliphatic rings. The first-order chi connectivity index (χ1) is 11.8. The molecule has 1 amide bonds. The largest absolute Gasteiger partial charge is 0.343 e. The standard InChI is InChI=1S/C15H20ClN5O3S/c1-18-5-7-20(8-6-18)14(22)10-19(2)15(25)17-13-9-11(21(23)24)3-4-12(13)16/h3-4,9H,5-8,10H2,1-2H3,(H,17,25). The van der Waals surface area contributed by atoms with Crippen molar-refractivity contribution in [3.05, 3.63) is 33.3 Å². The first-order valence-electron chi connectivity index (χ1n) is 7.70. The minimum atomic E-state index is -0.509. The number of carbonyl (C=O) groups excluding carboxylic acids is 1. The van der Waals surface area contributed by atoms with Crippen LogP contribution in [0.4, 0.5) is 11.4 Å². The molecule has 8 nitrogen and oxygen atoms in total. The second-order valence-electron chi connectivity index (χ2n) is 5.89. The molecular weight excluding hydrogens is 366 g/mol. The van der Waals surface area contributed by atoms with Crippen LogP contribution in [0.2, 0.25) is 5.02 Å². The Morgan fingerprint density at radius 3 is 2.64 bits per heavy atom. The van der Waals surface area contributed by atoms with Crippen LogP contribution >= 0.6 is 23.8 Å². The fourth-order valence-corrected chi connectivity index (χ4v) is 2.70. The quantitative estimate of drug-likeness (QED) is 0.479. The predicted molar refractivity (Wildman–Crippen MR) is 101 cm³/mol. The van der Waals surface area contributed by atoms with Crippen molar-refractivity contribution >= 4 is 46.2 Å². The van der Waals surface area contributed by atoms with E-state index in [1.54, 1.807) is 16.8 Å². The number of piperazine rings is 1. The lowest BCUT2D eigenvalue weighted by Gasteiger charge is -2.33. The van der Waals surface area contributed by atoms with Crippen LogP contribution in [-0.2, 0) is 4.79 Å². The van der Waals surface area contributed by atoms with E-state index in [0.717, 1.165) is 13.1 Å². The number of hydrogen-bond donors (Lipinski definition) is 1. The van der Waals surface area contributed by atoms with Crippen molar-refractivity contribution in [2.75, 3.05) is 52.1 Å². The fraction of sp³-hybridized carbons (Fsp3) is 0.467. The topological polar surface area (TPSA) is 82.0 Å². The van der Waals surface area contributed by atoms with Gasteiger partial charge in [-0.05, 0) is 25.3 Å². The number of hydrogen-bond acceptors (Lipinski definition) is 5. The summed E-state index contributed by atoms with van der Waals surface area (Å²) in [4.78, 5) is 28.3. The highest BCUT2D eigenvalue weighted by molar-refractivity contribution is 7.80. The third-order valence-corrected chi connectivity index (χ3v) is 4.72. The van der Waals surface area contributed by atoms with Gasteiger partial charge in [0.05, 0.1) is 22.2 Å². The Morgan fingerprint density at radius 2 is 2.04 bits per heavy atom. The number of nitro benzene ring substituents is 1. The summed E-state index contributed by atoms with van der Waals surface area (Å²) in [7, 11) is 3.71. The zero-order valence-electron chi connectivity index (χ0n) is 14.1. The number of carbonyl (C=O) groups is 1. The number of benzene rings is 1. The molecule has 1 fully saturated rings. The molecule has 0 saturated carbocycles. The molecule has 0 unspecified atom stereocenters. The van der Waals surface area contributed by atoms with E-state index in [0.29, 0.717) is 23.8 Å². The molecule has 1 saturated heterocycles. The summed E-state index contributed by atoms with van der Waals surface area (Å²) < 4.78 is 0. The third-order valence-electron chi connectivity index (χ3n) is 3.98. The lowest BCUT2D eigenvalue weighted by atomic mass is 10.3. The predicted octanol–water partition coefficient (Wildman–Crippen LogP) is 1.65. The summed E-state index contributed by atoms with van der Waals surface area (Å²) in [5, 5.41) is 14.3. The summed E-state index contributed by atoms with van der Waals surface area (Å²) >= 11 is 11.3. The van der Waals surface area contributed by atoms with Crippen molar-refractivity contribution in [3.8, 4) is 0 Å².